The highest BCUT2D eigenvalue weighted by atomic mass is 19.4. The Bertz CT molecular complexity index is 517. The first-order valence-corrected chi connectivity index (χ1v) is 6.89. The third-order valence-electron chi connectivity index (χ3n) is 4.72. The van der Waals surface area contributed by atoms with Crippen LogP contribution in [0, 0.1) is 13.8 Å². The lowest BCUT2D eigenvalue weighted by molar-refractivity contribution is -0.138. The van der Waals surface area contributed by atoms with E-state index in [4.69, 9.17) is 4.74 Å². The Morgan fingerprint density at radius 3 is 2.50 bits per heavy atom. The van der Waals surface area contributed by atoms with Gasteiger partial charge in [0.25, 0.3) is 0 Å². The molecule has 3 aliphatic heterocycles. The Kier molecular flexibility index (Phi) is 3.10. The van der Waals surface area contributed by atoms with Gasteiger partial charge in [0.15, 0.2) is 0 Å². The predicted octanol–water partition coefficient (Wildman–Crippen LogP) is 3.30. The molecule has 110 valence electrons. The maximum atomic E-state index is 12.9. The molecule has 3 fully saturated rings. The molecule has 5 heteroatoms. The van der Waals surface area contributed by atoms with Gasteiger partial charge in [-0.15, -0.1) is 0 Å². The summed E-state index contributed by atoms with van der Waals surface area (Å²) in [7, 11) is 0. The zero-order chi connectivity index (χ0) is 14.5. The second-order valence-corrected chi connectivity index (χ2v) is 5.83. The van der Waals surface area contributed by atoms with Crippen LogP contribution in [0.5, 0.6) is 0 Å². The maximum Gasteiger partial charge on any atom is 0.416 e. The molecule has 3 saturated heterocycles. The number of hydrogen-bond acceptors (Lipinski definition) is 2. The molecule has 1 N–H and O–H groups in total. The van der Waals surface area contributed by atoms with E-state index in [0.29, 0.717) is 30.3 Å². The summed E-state index contributed by atoms with van der Waals surface area (Å²) in [4.78, 5) is 0. The van der Waals surface area contributed by atoms with Crippen molar-refractivity contribution in [1.29, 1.82) is 0 Å². The molecule has 3 heterocycles. The molecule has 0 aromatic heterocycles. The van der Waals surface area contributed by atoms with E-state index < -0.39 is 17.3 Å². The molecule has 2 bridgehead atoms. The van der Waals surface area contributed by atoms with Gasteiger partial charge in [-0.1, -0.05) is 6.07 Å². The number of rotatable bonds is 1. The second-order valence-electron chi connectivity index (χ2n) is 5.83. The molecule has 0 amide bonds. The van der Waals surface area contributed by atoms with Crippen molar-refractivity contribution in [3.63, 3.8) is 0 Å². The van der Waals surface area contributed by atoms with E-state index in [1.54, 1.807) is 19.9 Å². The van der Waals surface area contributed by atoms with Gasteiger partial charge in [-0.2, -0.15) is 13.2 Å². The minimum atomic E-state index is -4.30. The second kappa shape index (κ2) is 4.46. The SMILES string of the molecule is Cc1c(C(F)(F)F)ccc(C23CCC(CO2)NC3)c1C. The number of nitrogens with one attached hydrogen (secondary N) is 1. The van der Waals surface area contributed by atoms with Crippen molar-refractivity contribution in [2.75, 3.05) is 13.2 Å². The van der Waals surface area contributed by atoms with Gasteiger partial charge >= 0.3 is 6.18 Å². The largest absolute Gasteiger partial charge is 0.416 e. The third-order valence-corrected chi connectivity index (χ3v) is 4.72. The highest BCUT2D eigenvalue weighted by Crippen LogP contribution is 2.42. The van der Waals surface area contributed by atoms with Gasteiger partial charge in [0, 0.05) is 12.6 Å². The Balaban J connectivity index is 2.05. The number of ether oxygens (including phenoxy) is 1. The van der Waals surface area contributed by atoms with E-state index in [0.717, 1.165) is 18.4 Å². The molecular weight excluding hydrogens is 267 g/mol. The highest BCUT2D eigenvalue weighted by Gasteiger charge is 2.44. The van der Waals surface area contributed by atoms with Crippen LogP contribution < -0.4 is 5.32 Å². The molecule has 2 atom stereocenters. The van der Waals surface area contributed by atoms with Crippen molar-refractivity contribution in [3.05, 3.63) is 34.4 Å². The van der Waals surface area contributed by atoms with E-state index in [-0.39, 0.29) is 0 Å². The predicted molar refractivity (Wildman–Crippen MR) is 69.6 cm³/mol. The Hall–Kier alpha value is -1.07. The fourth-order valence-electron chi connectivity index (χ4n) is 3.36. The fourth-order valence-corrected chi connectivity index (χ4v) is 3.36. The normalized spacial score (nSPS) is 29.8. The number of benzene rings is 1. The molecule has 0 aliphatic carbocycles. The lowest BCUT2D eigenvalue weighted by Crippen LogP contribution is -2.58. The van der Waals surface area contributed by atoms with Crippen LogP contribution >= 0.6 is 0 Å². The number of morpholine rings is 1. The number of halogens is 3. The summed E-state index contributed by atoms with van der Waals surface area (Å²) in [6.45, 7) is 4.63. The van der Waals surface area contributed by atoms with Crippen LogP contribution in [0.1, 0.15) is 35.1 Å². The summed E-state index contributed by atoms with van der Waals surface area (Å²) < 4.78 is 44.8. The molecule has 1 aromatic rings. The smallest absolute Gasteiger partial charge is 0.367 e. The summed E-state index contributed by atoms with van der Waals surface area (Å²) in [6.07, 6.45) is -2.41. The van der Waals surface area contributed by atoms with Gasteiger partial charge in [-0.05, 0) is 49.4 Å². The zero-order valence-corrected chi connectivity index (χ0v) is 11.6. The summed E-state index contributed by atoms with van der Waals surface area (Å²) in [5, 5.41) is 3.40. The van der Waals surface area contributed by atoms with Gasteiger partial charge < -0.3 is 10.1 Å². The number of fused-ring (bicyclic) bond motifs is 3. The van der Waals surface area contributed by atoms with Crippen molar-refractivity contribution < 1.29 is 17.9 Å². The highest BCUT2D eigenvalue weighted by molar-refractivity contribution is 5.44. The van der Waals surface area contributed by atoms with Crippen molar-refractivity contribution in [3.8, 4) is 0 Å². The Morgan fingerprint density at radius 1 is 1.25 bits per heavy atom. The van der Waals surface area contributed by atoms with Crippen LogP contribution in [0.25, 0.3) is 0 Å². The summed E-state index contributed by atoms with van der Waals surface area (Å²) >= 11 is 0. The minimum absolute atomic E-state index is 0.306. The average molecular weight is 285 g/mol. The topological polar surface area (TPSA) is 21.3 Å². The van der Waals surface area contributed by atoms with Crippen LogP contribution in [0.4, 0.5) is 13.2 Å². The molecule has 0 radical (unpaired) electrons. The first-order chi connectivity index (χ1) is 9.33. The van der Waals surface area contributed by atoms with Gasteiger partial charge in [0.2, 0.25) is 0 Å². The summed E-state index contributed by atoms with van der Waals surface area (Å²) in [5.74, 6) is 0. The molecule has 3 aliphatic rings. The number of piperidine rings is 1. The van der Waals surface area contributed by atoms with E-state index >= 15 is 0 Å². The molecule has 4 rings (SSSR count). The van der Waals surface area contributed by atoms with E-state index in [1.807, 2.05) is 0 Å². The van der Waals surface area contributed by atoms with E-state index in [9.17, 15) is 13.2 Å². The maximum absolute atomic E-state index is 12.9. The van der Waals surface area contributed by atoms with Crippen LogP contribution in [0.2, 0.25) is 0 Å². The standard InChI is InChI=1S/C15H18F3NO/c1-9-10(2)13(15(16,17)18)4-3-12(9)14-6-5-11(7-20-14)19-8-14/h3-4,11,19H,5-8H2,1-2H3. The summed E-state index contributed by atoms with van der Waals surface area (Å²) in [5.41, 5.74) is 0.900. The zero-order valence-electron chi connectivity index (χ0n) is 11.6. The summed E-state index contributed by atoms with van der Waals surface area (Å²) in [6, 6.07) is 3.18. The first kappa shape index (κ1) is 13.9. The van der Waals surface area contributed by atoms with Crippen molar-refractivity contribution >= 4 is 0 Å². The molecule has 0 spiro atoms. The fraction of sp³-hybridized carbons (Fsp3) is 0.600. The number of alkyl halides is 3. The van der Waals surface area contributed by atoms with Crippen LogP contribution in [-0.4, -0.2) is 19.2 Å². The molecule has 2 nitrogen and oxygen atoms in total. The van der Waals surface area contributed by atoms with Gasteiger partial charge in [-0.3, -0.25) is 0 Å². The van der Waals surface area contributed by atoms with Crippen LogP contribution in [0.15, 0.2) is 12.1 Å². The van der Waals surface area contributed by atoms with Gasteiger partial charge in [-0.25, -0.2) is 0 Å². The Morgan fingerprint density at radius 2 is 2.00 bits per heavy atom. The van der Waals surface area contributed by atoms with Crippen molar-refractivity contribution in [1.82, 2.24) is 5.32 Å². The molecular formula is C15H18F3NO. The van der Waals surface area contributed by atoms with Gasteiger partial charge in [0.1, 0.15) is 5.60 Å². The Labute approximate surface area is 116 Å². The van der Waals surface area contributed by atoms with E-state index in [1.165, 1.54) is 6.07 Å². The minimum Gasteiger partial charge on any atom is -0.367 e. The molecule has 1 aromatic carbocycles. The van der Waals surface area contributed by atoms with E-state index in [2.05, 4.69) is 5.32 Å². The molecule has 2 unspecified atom stereocenters. The monoisotopic (exact) mass is 285 g/mol. The molecule has 0 saturated carbocycles. The number of hydrogen-bond donors (Lipinski definition) is 1. The quantitative estimate of drug-likeness (QED) is 0.855. The molecule has 20 heavy (non-hydrogen) atoms. The lowest BCUT2D eigenvalue weighted by Gasteiger charge is -2.48. The van der Waals surface area contributed by atoms with Crippen LogP contribution in [-0.2, 0) is 16.5 Å². The first-order valence-electron chi connectivity index (χ1n) is 6.89. The van der Waals surface area contributed by atoms with Crippen LogP contribution in [0.3, 0.4) is 0 Å². The van der Waals surface area contributed by atoms with Crippen molar-refractivity contribution in [2.24, 2.45) is 0 Å². The van der Waals surface area contributed by atoms with Crippen molar-refractivity contribution in [2.45, 2.75) is 44.5 Å². The lowest BCUT2D eigenvalue weighted by atomic mass is 9.78. The van der Waals surface area contributed by atoms with Gasteiger partial charge in [0.05, 0.1) is 12.2 Å². The average Bonchev–Trinajstić information content (AvgIpc) is 2.42. The third kappa shape index (κ3) is 2.04.